The highest BCUT2D eigenvalue weighted by atomic mass is 16.3. The van der Waals surface area contributed by atoms with Crippen LogP contribution >= 0.6 is 0 Å². The van der Waals surface area contributed by atoms with Crippen LogP contribution in [-0.4, -0.2) is 10.2 Å². The average molecular weight is 185 g/mol. The van der Waals surface area contributed by atoms with E-state index in [1.807, 2.05) is 18.2 Å². The number of rotatable bonds is 1. The minimum absolute atomic E-state index is 0.102. The SMILES string of the molecule is Oc1cccc(-c2[c]cccc2)c1O. The van der Waals surface area contributed by atoms with E-state index in [9.17, 15) is 10.2 Å². The van der Waals surface area contributed by atoms with Crippen molar-refractivity contribution in [2.45, 2.75) is 0 Å². The predicted molar refractivity (Wildman–Crippen MR) is 54.0 cm³/mol. The minimum Gasteiger partial charge on any atom is -0.504 e. The smallest absolute Gasteiger partial charge is 0.165 e. The molecule has 14 heavy (non-hydrogen) atoms. The van der Waals surface area contributed by atoms with Gasteiger partial charge in [0, 0.05) is 5.56 Å². The maximum Gasteiger partial charge on any atom is 0.165 e. The first-order chi connectivity index (χ1) is 6.79. The number of aromatic hydroxyl groups is 2. The van der Waals surface area contributed by atoms with E-state index in [0.29, 0.717) is 5.56 Å². The van der Waals surface area contributed by atoms with Crippen molar-refractivity contribution in [3.05, 3.63) is 48.5 Å². The highest BCUT2D eigenvalue weighted by molar-refractivity contribution is 5.72. The van der Waals surface area contributed by atoms with Crippen LogP contribution in [0.15, 0.2) is 42.5 Å². The van der Waals surface area contributed by atoms with Crippen molar-refractivity contribution in [1.82, 2.24) is 0 Å². The van der Waals surface area contributed by atoms with Crippen molar-refractivity contribution < 1.29 is 10.2 Å². The van der Waals surface area contributed by atoms with Crippen LogP contribution in [0.5, 0.6) is 11.5 Å². The molecular formula is C12H9O2. The molecular weight excluding hydrogens is 176 g/mol. The first kappa shape index (κ1) is 8.63. The topological polar surface area (TPSA) is 40.5 Å². The Labute approximate surface area is 82.1 Å². The van der Waals surface area contributed by atoms with Gasteiger partial charge in [-0.1, -0.05) is 36.4 Å². The summed E-state index contributed by atoms with van der Waals surface area (Å²) in [6.07, 6.45) is 0. The third-order valence-corrected chi connectivity index (χ3v) is 2.01. The Morgan fingerprint density at radius 2 is 1.79 bits per heavy atom. The van der Waals surface area contributed by atoms with E-state index in [4.69, 9.17) is 0 Å². The van der Waals surface area contributed by atoms with Gasteiger partial charge in [0.05, 0.1) is 0 Å². The second kappa shape index (κ2) is 3.42. The first-order valence-corrected chi connectivity index (χ1v) is 4.27. The molecule has 69 valence electrons. The molecule has 0 spiro atoms. The molecule has 0 unspecified atom stereocenters. The van der Waals surface area contributed by atoms with E-state index in [1.54, 1.807) is 18.2 Å². The molecule has 0 heterocycles. The van der Waals surface area contributed by atoms with Gasteiger partial charge in [0.15, 0.2) is 11.5 Å². The summed E-state index contributed by atoms with van der Waals surface area (Å²) in [5.41, 5.74) is 1.35. The summed E-state index contributed by atoms with van der Waals surface area (Å²) in [4.78, 5) is 0. The molecule has 1 radical (unpaired) electrons. The molecule has 0 saturated heterocycles. The summed E-state index contributed by atoms with van der Waals surface area (Å²) in [5.74, 6) is -0.213. The van der Waals surface area contributed by atoms with Crippen LogP contribution in [-0.2, 0) is 0 Å². The highest BCUT2D eigenvalue weighted by Gasteiger charge is 2.06. The molecule has 0 amide bonds. The molecule has 0 aliphatic rings. The molecule has 2 heteroatoms. The average Bonchev–Trinajstić information content (AvgIpc) is 2.23. The normalized spacial score (nSPS) is 10.0. The lowest BCUT2D eigenvalue weighted by Crippen LogP contribution is -1.78. The second-order valence-corrected chi connectivity index (χ2v) is 2.95. The van der Waals surface area contributed by atoms with E-state index in [0.717, 1.165) is 5.56 Å². The number of hydrogen-bond acceptors (Lipinski definition) is 2. The largest absolute Gasteiger partial charge is 0.504 e. The summed E-state index contributed by atoms with van der Waals surface area (Å²) in [5, 5.41) is 18.9. The number of phenols is 2. The lowest BCUT2D eigenvalue weighted by Gasteiger charge is -2.04. The molecule has 0 aliphatic heterocycles. The van der Waals surface area contributed by atoms with Crippen LogP contribution in [0.1, 0.15) is 0 Å². The van der Waals surface area contributed by atoms with Crippen LogP contribution in [0.3, 0.4) is 0 Å². The molecule has 2 aromatic carbocycles. The van der Waals surface area contributed by atoms with Gasteiger partial charge in [-0.2, -0.15) is 0 Å². The quantitative estimate of drug-likeness (QED) is 0.670. The summed E-state index contributed by atoms with van der Waals surface area (Å²) in [6, 6.07) is 15.1. The van der Waals surface area contributed by atoms with Crippen molar-refractivity contribution in [3.63, 3.8) is 0 Å². The molecule has 0 aliphatic carbocycles. The van der Waals surface area contributed by atoms with Gasteiger partial charge in [-0.25, -0.2) is 0 Å². The fourth-order valence-electron chi connectivity index (χ4n) is 1.31. The van der Waals surface area contributed by atoms with Gasteiger partial charge in [-0.05, 0) is 17.7 Å². The molecule has 0 atom stereocenters. The fourth-order valence-corrected chi connectivity index (χ4v) is 1.31. The van der Waals surface area contributed by atoms with E-state index < -0.39 is 0 Å². The molecule has 2 N–H and O–H groups in total. The predicted octanol–water partition coefficient (Wildman–Crippen LogP) is 2.56. The van der Waals surface area contributed by atoms with E-state index in [1.165, 1.54) is 6.07 Å². The van der Waals surface area contributed by atoms with Crippen LogP contribution in [0.2, 0.25) is 0 Å². The van der Waals surface area contributed by atoms with Gasteiger partial charge in [0.25, 0.3) is 0 Å². The third kappa shape index (κ3) is 1.42. The van der Waals surface area contributed by atoms with E-state index in [2.05, 4.69) is 6.07 Å². The third-order valence-electron chi connectivity index (χ3n) is 2.01. The maximum atomic E-state index is 9.58. The Morgan fingerprint density at radius 3 is 2.50 bits per heavy atom. The summed E-state index contributed by atoms with van der Waals surface area (Å²) >= 11 is 0. The lowest BCUT2D eigenvalue weighted by molar-refractivity contribution is 0.405. The summed E-state index contributed by atoms with van der Waals surface area (Å²) < 4.78 is 0. The van der Waals surface area contributed by atoms with Crippen molar-refractivity contribution in [3.8, 4) is 22.6 Å². The van der Waals surface area contributed by atoms with Crippen molar-refractivity contribution in [2.75, 3.05) is 0 Å². The molecule has 2 aromatic rings. The summed E-state index contributed by atoms with van der Waals surface area (Å²) in [6.45, 7) is 0. The number of benzene rings is 2. The Kier molecular flexibility index (Phi) is 2.11. The molecule has 0 fully saturated rings. The molecule has 0 bridgehead atoms. The van der Waals surface area contributed by atoms with Crippen LogP contribution in [0, 0.1) is 6.07 Å². The van der Waals surface area contributed by atoms with Crippen molar-refractivity contribution >= 4 is 0 Å². The number of para-hydroxylation sites is 1. The van der Waals surface area contributed by atoms with Gasteiger partial charge in [0.2, 0.25) is 0 Å². The standard InChI is InChI=1S/C12H9O2/c13-11-8-4-7-10(12(11)14)9-5-2-1-3-6-9/h1-5,7-8,13-14H. The highest BCUT2D eigenvalue weighted by Crippen LogP contribution is 2.35. The second-order valence-electron chi connectivity index (χ2n) is 2.95. The van der Waals surface area contributed by atoms with Gasteiger partial charge < -0.3 is 10.2 Å². The lowest BCUT2D eigenvalue weighted by atomic mass is 10.0. The Hall–Kier alpha value is -1.96. The Bertz CT molecular complexity index is 435. The first-order valence-electron chi connectivity index (χ1n) is 4.27. The molecule has 2 rings (SSSR count). The van der Waals surface area contributed by atoms with Crippen molar-refractivity contribution in [2.24, 2.45) is 0 Å². The molecule has 0 aromatic heterocycles. The maximum absolute atomic E-state index is 9.58. The van der Waals surface area contributed by atoms with Crippen LogP contribution in [0.4, 0.5) is 0 Å². The van der Waals surface area contributed by atoms with Crippen molar-refractivity contribution in [1.29, 1.82) is 0 Å². The van der Waals surface area contributed by atoms with Gasteiger partial charge in [-0.3, -0.25) is 0 Å². The zero-order valence-electron chi connectivity index (χ0n) is 7.44. The zero-order chi connectivity index (χ0) is 9.97. The van der Waals surface area contributed by atoms with Crippen LogP contribution in [0.25, 0.3) is 11.1 Å². The van der Waals surface area contributed by atoms with Gasteiger partial charge >= 0.3 is 0 Å². The number of phenolic OH excluding ortho intramolecular Hbond substituents is 2. The van der Waals surface area contributed by atoms with Gasteiger partial charge in [0.1, 0.15) is 0 Å². The minimum atomic E-state index is -0.111. The fraction of sp³-hybridized carbons (Fsp3) is 0. The van der Waals surface area contributed by atoms with E-state index >= 15 is 0 Å². The monoisotopic (exact) mass is 185 g/mol. The Morgan fingerprint density at radius 1 is 0.929 bits per heavy atom. The zero-order valence-corrected chi connectivity index (χ0v) is 7.44. The van der Waals surface area contributed by atoms with Crippen LogP contribution < -0.4 is 0 Å². The molecule has 0 saturated carbocycles. The summed E-state index contributed by atoms with van der Waals surface area (Å²) in [7, 11) is 0. The Balaban J connectivity index is 2.58. The van der Waals surface area contributed by atoms with Gasteiger partial charge in [-0.15, -0.1) is 0 Å². The number of hydrogen-bond donors (Lipinski definition) is 2. The van der Waals surface area contributed by atoms with E-state index in [-0.39, 0.29) is 11.5 Å². The molecule has 2 nitrogen and oxygen atoms in total.